The van der Waals surface area contributed by atoms with Crippen LogP contribution in [0.15, 0.2) is 0 Å². The van der Waals surface area contributed by atoms with Crippen LogP contribution in [0.3, 0.4) is 0 Å². The topological polar surface area (TPSA) is 0 Å². The third-order valence-electron chi connectivity index (χ3n) is 6.87. The fourth-order valence-corrected chi connectivity index (χ4v) is 6.15. The Morgan fingerprint density at radius 3 is 1.83 bits per heavy atom. The van der Waals surface area contributed by atoms with Crippen molar-refractivity contribution in [1.29, 1.82) is 0 Å². The van der Waals surface area contributed by atoms with Gasteiger partial charge in [-0.15, -0.1) is 0 Å². The van der Waals surface area contributed by atoms with Gasteiger partial charge in [0, 0.05) is 5.33 Å². The Morgan fingerprint density at radius 2 is 1.30 bits per heavy atom. The van der Waals surface area contributed by atoms with Gasteiger partial charge in [-0.05, 0) is 30.1 Å². The van der Waals surface area contributed by atoms with Crippen molar-refractivity contribution in [3.05, 3.63) is 0 Å². The van der Waals surface area contributed by atoms with Gasteiger partial charge in [0.05, 0.1) is 0 Å². The van der Waals surface area contributed by atoms with E-state index in [-0.39, 0.29) is 0 Å². The SMILES string of the molecule is CCCCCCC(CC(CBr)C1CCCCC1)C1CCCCC1. The lowest BCUT2D eigenvalue weighted by Gasteiger charge is -2.36. The van der Waals surface area contributed by atoms with Crippen molar-refractivity contribution in [1.82, 2.24) is 0 Å². The van der Waals surface area contributed by atoms with Gasteiger partial charge in [-0.2, -0.15) is 0 Å². The monoisotopic (exact) mass is 384 g/mol. The second-order valence-corrected chi connectivity index (χ2v) is 9.20. The van der Waals surface area contributed by atoms with Gasteiger partial charge < -0.3 is 0 Å². The zero-order valence-corrected chi connectivity index (χ0v) is 17.3. The smallest absolute Gasteiger partial charge is 0.00624 e. The molecular weight excluding hydrogens is 344 g/mol. The highest BCUT2D eigenvalue weighted by Crippen LogP contribution is 2.41. The van der Waals surface area contributed by atoms with Crippen LogP contribution in [-0.4, -0.2) is 5.33 Å². The summed E-state index contributed by atoms with van der Waals surface area (Å²) in [5.74, 6) is 4.10. The molecule has 0 aromatic carbocycles. The molecule has 1 heteroatoms. The molecule has 2 saturated carbocycles. The molecule has 0 spiro atoms. The van der Waals surface area contributed by atoms with Crippen LogP contribution in [0, 0.1) is 23.7 Å². The summed E-state index contributed by atoms with van der Waals surface area (Å²) in [5, 5.41) is 1.26. The lowest BCUT2D eigenvalue weighted by atomic mass is 9.70. The van der Waals surface area contributed by atoms with Crippen LogP contribution in [0.1, 0.15) is 110 Å². The first-order valence-electron chi connectivity index (χ1n) is 10.9. The summed E-state index contributed by atoms with van der Waals surface area (Å²) in [5.41, 5.74) is 0. The first kappa shape index (κ1) is 19.8. The minimum Gasteiger partial charge on any atom is -0.0925 e. The average molecular weight is 385 g/mol. The number of alkyl halides is 1. The minimum absolute atomic E-state index is 0.966. The van der Waals surface area contributed by atoms with E-state index in [1.165, 1.54) is 108 Å². The van der Waals surface area contributed by atoms with E-state index in [2.05, 4.69) is 22.9 Å². The van der Waals surface area contributed by atoms with Gasteiger partial charge in [0.15, 0.2) is 0 Å². The molecule has 0 N–H and O–H groups in total. The van der Waals surface area contributed by atoms with Crippen LogP contribution < -0.4 is 0 Å². The predicted molar refractivity (Wildman–Crippen MR) is 107 cm³/mol. The molecule has 0 radical (unpaired) electrons. The molecule has 2 aliphatic rings. The van der Waals surface area contributed by atoms with E-state index in [1.807, 2.05) is 0 Å². The van der Waals surface area contributed by atoms with Crippen molar-refractivity contribution < 1.29 is 0 Å². The van der Waals surface area contributed by atoms with Crippen LogP contribution in [-0.2, 0) is 0 Å². The molecule has 23 heavy (non-hydrogen) atoms. The average Bonchev–Trinajstić information content (AvgIpc) is 2.63. The summed E-state index contributed by atoms with van der Waals surface area (Å²) in [7, 11) is 0. The van der Waals surface area contributed by atoms with Gasteiger partial charge in [0.25, 0.3) is 0 Å². The van der Waals surface area contributed by atoms with E-state index in [4.69, 9.17) is 0 Å². The number of unbranched alkanes of at least 4 members (excludes halogenated alkanes) is 3. The Hall–Kier alpha value is 0.480. The summed E-state index contributed by atoms with van der Waals surface area (Å²) in [6.45, 7) is 2.34. The Balaban J connectivity index is 1.87. The highest BCUT2D eigenvalue weighted by molar-refractivity contribution is 9.09. The molecular formula is C22H41Br. The summed E-state index contributed by atoms with van der Waals surface area (Å²) in [6.07, 6.45) is 24.0. The lowest BCUT2D eigenvalue weighted by molar-refractivity contribution is 0.162. The first-order chi connectivity index (χ1) is 11.3. The molecule has 0 aromatic heterocycles. The van der Waals surface area contributed by atoms with Crippen LogP contribution in [0.2, 0.25) is 0 Å². The maximum absolute atomic E-state index is 3.90. The van der Waals surface area contributed by atoms with Crippen molar-refractivity contribution in [2.75, 3.05) is 5.33 Å². The van der Waals surface area contributed by atoms with Crippen molar-refractivity contribution in [2.24, 2.45) is 23.7 Å². The zero-order chi connectivity index (χ0) is 16.3. The molecule has 0 aliphatic heterocycles. The van der Waals surface area contributed by atoms with Gasteiger partial charge >= 0.3 is 0 Å². The fourth-order valence-electron chi connectivity index (χ4n) is 5.36. The zero-order valence-electron chi connectivity index (χ0n) is 15.7. The molecule has 0 amide bonds. The number of hydrogen-bond donors (Lipinski definition) is 0. The van der Waals surface area contributed by atoms with Gasteiger partial charge in [0.2, 0.25) is 0 Å². The van der Waals surface area contributed by atoms with E-state index >= 15 is 0 Å². The molecule has 0 nitrogen and oxygen atoms in total. The van der Waals surface area contributed by atoms with Crippen molar-refractivity contribution in [3.63, 3.8) is 0 Å². The molecule has 0 aromatic rings. The van der Waals surface area contributed by atoms with Gasteiger partial charge in [0.1, 0.15) is 0 Å². The quantitative estimate of drug-likeness (QED) is 0.263. The molecule has 0 heterocycles. The van der Waals surface area contributed by atoms with E-state index in [1.54, 1.807) is 0 Å². The van der Waals surface area contributed by atoms with Crippen LogP contribution in [0.4, 0.5) is 0 Å². The Kier molecular flexibility index (Phi) is 10.3. The molecule has 2 fully saturated rings. The van der Waals surface area contributed by atoms with Gasteiger partial charge in [-0.3, -0.25) is 0 Å². The standard InChI is InChI=1S/C22H41Br/c1-2-3-4-7-16-21(19-12-8-5-9-13-19)17-22(18-23)20-14-10-6-11-15-20/h19-22H,2-18H2,1H3. The highest BCUT2D eigenvalue weighted by atomic mass is 79.9. The maximum atomic E-state index is 3.90. The Labute approximate surface area is 154 Å². The second-order valence-electron chi connectivity index (χ2n) is 8.56. The molecule has 2 unspecified atom stereocenters. The van der Waals surface area contributed by atoms with E-state index < -0.39 is 0 Å². The molecule has 2 rings (SSSR count). The van der Waals surface area contributed by atoms with Crippen molar-refractivity contribution >= 4 is 15.9 Å². The maximum Gasteiger partial charge on any atom is 0.00624 e. The predicted octanol–water partition coefficient (Wildman–Crippen LogP) is 8.13. The molecule has 2 atom stereocenters. The third-order valence-corrected chi connectivity index (χ3v) is 7.70. The van der Waals surface area contributed by atoms with Crippen molar-refractivity contribution in [3.8, 4) is 0 Å². The Bertz CT molecular complexity index is 276. The molecule has 0 saturated heterocycles. The summed E-state index contributed by atoms with van der Waals surface area (Å²) < 4.78 is 0. The largest absolute Gasteiger partial charge is 0.0925 e. The third kappa shape index (κ3) is 7.09. The van der Waals surface area contributed by atoms with Crippen LogP contribution in [0.25, 0.3) is 0 Å². The van der Waals surface area contributed by atoms with Gasteiger partial charge in [-0.1, -0.05) is 119 Å². The molecule has 0 bridgehead atoms. The van der Waals surface area contributed by atoms with E-state index in [9.17, 15) is 0 Å². The van der Waals surface area contributed by atoms with Crippen LogP contribution >= 0.6 is 15.9 Å². The number of hydrogen-bond acceptors (Lipinski definition) is 0. The molecule has 2 aliphatic carbocycles. The van der Waals surface area contributed by atoms with Crippen LogP contribution in [0.5, 0.6) is 0 Å². The Morgan fingerprint density at radius 1 is 0.739 bits per heavy atom. The first-order valence-corrected chi connectivity index (χ1v) is 12.0. The fraction of sp³-hybridized carbons (Fsp3) is 1.00. The van der Waals surface area contributed by atoms with E-state index in [0.29, 0.717) is 0 Å². The van der Waals surface area contributed by atoms with Gasteiger partial charge in [-0.25, -0.2) is 0 Å². The lowest BCUT2D eigenvalue weighted by Crippen LogP contribution is -2.26. The summed E-state index contributed by atoms with van der Waals surface area (Å²) in [6, 6.07) is 0. The minimum atomic E-state index is 0.966. The van der Waals surface area contributed by atoms with Crippen molar-refractivity contribution in [2.45, 2.75) is 110 Å². The number of halogens is 1. The highest BCUT2D eigenvalue weighted by Gasteiger charge is 2.29. The number of rotatable bonds is 10. The molecule has 136 valence electrons. The second kappa shape index (κ2) is 11.9. The summed E-state index contributed by atoms with van der Waals surface area (Å²) >= 11 is 3.90. The normalized spacial score (nSPS) is 23.7. The summed E-state index contributed by atoms with van der Waals surface area (Å²) in [4.78, 5) is 0. The van der Waals surface area contributed by atoms with E-state index in [0.717, 1.165) is 23.7 Å².